The van der Waals surface area contributed by atoms with Crippen molar-refractivity contribution in [1.29, 1.82) is 0 Å². The zero-order valence-corrected chi connectivity index (χ0v) is 13.5. The summed E-state index contributed by atoms with van der Waals surface area (Å²) >= 11 is 0. The van der Waals surface area contributed by atoms with E-state index in [1.807, 2.05) is 38.5 Å². The van der Waals surface area contributed by atoms with Crippen LogP contribution >= 0.6 is 0 Å². The monoisotopic (exact) mass is 312 g/mol. The maximum absolute atomic E-state index is 12.3. The van der Waals surface area contributed by atoms with Gasteiger partial charge in [-0.1, -0.05) is 6.07 Å². The third kappa shape index (κ3) is 3.27. The van der Waals surface area contributed by atoms with E-state index in [2.05, 4.69) is 15.0 Å². The first-order chi connectivity index (χ1) is 11.0. The Kier molecular flexibility index (Phi) is 4.16. The van der Waals surface area contributed by atoms with Crippen LogP contribution in [0.25, 0.3) is 10.9 Å². The number of esters is 1. The van der Waals surface area contributed by atoms with Crippen molar-refractivity contribution in [3.63, 3.8) is 0 Å². The summed E-state index contributed by atoms with van der Waals surface area (Å²) in [5.74, 6) is 0.178. The average molecular weight is 312 g/mol. The standard InChI is InChI=1S/C17H20N4O2/c1-20(2)8-7-12-9-18-14-5-4-6-15(16(12)14)23-17(22)13-10-19-21(3)11-13/h4-6,9-11,18H,7-8H2,1-3H3. The van der Waals surface area contributed by atoms with Gasteiger partial charge < -0.3 is 14.6 Å². The maximum atomic E-state index is 12.3. The second-order valence-electron chi connectivity index (χ2n) is 5.84. The smallest absolute Gasteiger partial charge is 0.346 e. The minimum Gasteiger partial charge on any atom is -0.422 e. The van der Waals surface area contributed by atoms with Gasteiger partial charge in [0, 0.05) is 36.9 Å². The molecule has 0 fully saturated rings. The summed E-state index contributed by atoms with van der Waals surface area (Å²) < 4.78 is 7.19. The Morgan fingerprint density at radius 1 is 1.39 bits per heavy atom. The fraction of sp³-hybridized carbons (Fsp3) is 0.294. The zero-order valence-electron chi connectivity index (χ0n) is 13.5. The van der Waals surface area contributed by atoms with Crippen LogP contribution in [0.15, 0.2) is 36.8 Å². The number of hydrogen-bond donors (Lipinski definition) is 1. The lowest BCUT2D eigenvalue weighted by Crippen LogP contribution is -2.15. The molecule has 3 aromatic rings. The van der Waals surface area contributed by atoms with Crippen LogP contribution in [-0.2, 0) is 13.5 Å². The van der Waals surface area contributed by atoms with E-state index in [4.69, 9.17) is 4.74 Å². The molecule has 0 radical (unpaired) electrons. The number of H-pyrrole nitrogens is 1. The van der Waals surface area contributed by atoms with E-state index in [-0.39, 0.29) is 0 Å². The van der Waals surface area contributed by atoms with Gasteiger partial charge in [-0.05, 0) is 38.2 Å². The highest BCUT2D eigenvalue weighted by Gasteiger charge is 2.15. The predicted molar refractivity (Wildman–Crippen MR) is 88.7 cm³/mol. The van der Waals surface area contributed by atoms with Crippen molar-refractivity contribution in [2.24, 2.45) is 7.05 Å². The summed E-state index contributed by atoms with van der Waals surface area (Å²) in [4.78, 5) is 17.6. The number of fused-ring (bicyclic) bond motifs is 1. The molecule has 3 rings (SSSR count). The summed E-state index contributed by atoms with van der Waals surface area (Å²) in [6.07, 6.45) is 6.02. The van der Waals surface area contributed by atoms with Crippen LogP contribution in [0.5, 0.6) is 5.75 Å². The number of hydrogen-bond acceptors (Lipinski definition) is 4. The first kappa shape index (κ1) is 15.3. The van der Waals surface area contributed by atoms with Gasteiger partial charge in [0.25, 0.3) is 0 Å². The number of carbonyl (C=O) groups is 1. The number of nitrogens with one attached hydrogen (secondary N) is 1. The topological polar surface area (TPSA) is 63.1 Å². The van der Waals surface area contributed by atoms with Crippen molar-refractivity contribution < 1.29 is 9.53 Å². The van der Waals surface area contributed by atoms with E-state index in [1.54, 1.807) is 17.9 Å². The highest BCUT2D eigenvalue weighted by molar-refractivity contribution is 5.95. The fourth-order valence-electron chi connectivity index (χ4n) is 2.53. The van der Waals surface area contributed by atoms with Crippen molar-refractivity contribution in [2.45, 2.75) is 6.42 Å². The summed E-state index contributed by atoms with van der Waals surface area (Å²) in [6, 6.07) is 5.68. The van der Waals surface area contributed by atoms with Gasteiger partial charge >= 0.3 is 5.97 Å². The van der Waals surface area contributed by atoms with Gasteiger partial charge in [0.1, 0.15) is 5.75 Å². The highest BCUT2D eigenvalue weighted by Crippen LogP contribution is 2.29. The minimum atomic E-state index is -0.398. The molecular weight excluding hydrogens is 292 g/mol. The van der Waals surface area contributed by atoms with Crippen molar-refractivity contribution >= 4 is 16.9 Å². The largest absolute Gasteiger partial charge is 0.422 e. The fourth-order valence-corrected chi connectivity index (χ4v) is 2.53. The SMILES string of the molecule is CN(C)CCc1c[nH]c2cccc(OC(=O)c3cnn(C)c3)c12. The van der Waals surface area contributed by atoms with Gasteiger partial charge in [0.15, 0.2) is 0 Å². The molecule has 23 heavy (non-hydrogen) atoms. The Balaban J connectivity index is 1.90. The molecule has 0 saturated carbocycles. The lowest BCUT2D eigenvalue weighted by Gasteiger charge is -2.10. The molecule has 0 aliphatic heterocycles. The third-order valence-electron chi connectivity index (χ3n) is 3.72. The highest BCUT2D eigenvalue weighted by atomic mass is 16.5. The molecule has 1 N–H and O–H groups in total. The van der Waals surface area contributed by atoms with Crippen molar-refractivity contribution in [3.05, 3.63) is 47.9 Å². The van der Waals surface area contributed by atoms with Crippen LogP contribution in [0.4, 0.5) is 0 Å². The summed E-state index contributed by atoms with van der Waals surface area (Å²) in [5, 5.41) is 4.97. The quantitative estimate of drug-likeness (QED) is 0.579. The van der Waals surface area contributed by atoms with E-state index in [1.165, 1.54) is 6.20 Å². The van der Waals surface area contributed by atoms with Crippen LogP contribution in [0, 0.1) is 0 Å². The average Bonchev–Trinajstić information content (AvgIpc) is 3.12. The number of aryl methyl sites for hydroxylation is 1. The zero-order chi connectivity index (χ0) is 16.4. The predicted octanol–water partition coefficient (Wildman–Crippen LogP) is 2.22. The molecule has 0 atom stereocenters. The Bertz CT molecular complexity index is 832. The molecule has 2 aromatic heterocycles. The van der Waals surface area contributed by atoms with E-state index in [0.29, 0.717) is 11.3 Å². The van der Waals surface area contributed by atoms with Crippen molar-refractivity contribution in [1.82, 2.24) is 19.7 Å². The number of likely N-dealkylation sites (N-methyl/N-ethyl adjacent to an activating group) is 1. The van der Waals surface area contributed by atoms with E-state index < -0.39 is 5.97 Å². The number of ether oxygens (including phenoxy) is 1. The van der Waals surface area contributed by atoms with E-state index >= 15 is 0 Å². The molecule has 2 heterocycles. The molecule has 0 amide bonds. The molecule has 0 aliphatic carbocycles. The summed E-state index contributed by atoms with van der Waals surface area (Å²) in [6.45, 7) is 0.928. The lowest BCUT2D eigenvalue weighted by atomic mass is 10.1. The summed E-state index contributed by atoms with van der Waals surface area (Å²) in [5.41, 5.74) is 2.55. The maximum Gasteiger partial charge on any atom is 0.346 e. The molecule has 0 unspecified atom stereocenters. The normalized spacial score (nSPS) is 11.3. The van der Waals surface area contributed by atoms with Gasteiger partial charge in [0.2, 0.25) is 0 Å². The second-order valence-corrected chi connectivity index (χ2v) is 5.84. The van der Waals surface area contributed by atoms with E-state index in [9.17, 15) is 4.79 Å². The second kappa shape index (κ2) is 6.26. The molecule has 0 bridgehead atoms. The van der Waals surface area contributed by atoms with E-state index in [0.717, 1.165) is 29.4 Å². The number of nitrogens with zero attached hydrogens (tertiary/aromatic N) is 3. The Hall–Kier alpha value is -2.60. The van der Waals surface area contributed by atoms with Crippen LogP contribution < -0.4 is 4.74 Å². The van der Waals surface area contributed by atoms with Crippen LogP contribution in [0.3, 0.4) is 0 Å². The van der Waals surface area contributed by atoms with Crippen LogP contribution in [-0.4, -0.2) is 46.3 Å². The number of rotatable bonds is 5. The van der Waals surface area contributed by atoms with Crippen LogP contribution in [0.2, 0.25) is 0 Å². The number of carbonyl (C=O) groups excluding carboxylic acids is 1. The molecule has 1 aromatic carbocycles. The van der Waals surface area contributed by atoms with Gasteiger partial charge in [-0.25, -0.2) is 4.79 Å². The third-order valence-corrected chi connectivity index (χ3v) is 3.72. The van der Waals surface area contributed by atoms with Crippen LogP contribution in [0.1, 0.15) is 15.9 Å². The minimum absolute atomic E-state index is 0.398. The van der Waals surface area contributed by atoms with Gasteiger partial charge in [0.05, 0.1) is 11.8 Å². The summed E-state index contributed by atoms with van der Waals surface area (Å²) in [7, 11) is 5.85. The van der Waals surface area contributed by atoms with Gasteiger partial charge in [-0.15, -0.1) is 0 Å². The first-order valence-electron chi connectivity index (χ1n) is 7.49. The van der Waals surface area contributed by atoms with Gasteiger partial charge in [-0.3, -0.25) is 4.68 Å². The lowest BCUT2D eigenvalue weighted by molar-refractivity contribution is 0.0737. The molecule has 120 valence electrons. The number of aromatic amines is 1. The number of benzene rings is 1. The molecule has 0 aliphatic rings. The van der Waals surface area contributed by atoms with Crippen molar-refractivity contribution in [3.8, 4) is 5.75 Å². The van der Waals surface area contributed by atoms with Gasteiger partial charge in [-0.2, -0.15) is 5.10 Å². The van der Waals surface area contributed by atoms with Crippen molar-refractivity contribution in [2.75, 3.05) is 20.6 Å². The molecule has 0 saturated heterocycles. The Morgan fingerprint density at radius 3 is 2.91 bits per heavy atom. The molecule has 6 nitrogen and oxygen atoms in total. The number of aromatic nitrogens is 3. The first-order valence-corrected chi connectivity index (χ1v) is 7.49. The Labute approximate surface area is 134 Å². The molecule has 6 heteroatoms. The Morgan fingerprint density at radius 2 is 2.22 bits per heavy atom. The molecular formula is C17H20N4O2. The molecule has 0 spiro atoms.